The normalized spacial score (nSPS) is 43.1. The van der Waals surface area contributed by atoms with Crippen LogP contribution in [0.25, 0.3) is 0 Å². The zero-order valence-corrected chi connectivity index (χ0v) is 8.49. The number of hydrogen-bond acceptors (Lipinski definition) is 3. The molecule has 0 aromatic heterocycles. The molecule has 0 bridgehead atoms. The second-order valence-electron chi connectivity index (χ2n) is 3.24. The molecule has 1 aliphatic heterocycles. The number of rotatable bonds is 0. The molecule has 0 spiro atoms. The van der Waals surface area contributed by atoms with Crippen LogP contribution in [0.3, 0.4) is 0 Å². The van der Waals surface area contributed by atoms with Crippen LogP contribution < -0.4 is 0 Å². The zero-order chi connectivity index (χ0) is 10.0. The first kappa shape index (κ1) is 9.03. The molecule has 0 amide bonds. The average Bonchev–Trinajstić information content (AvgIpc) is 2.26. The van der Waals surface area contributed by atoms with Gasteiger partial charge in [-0.15, -0.1) is 0 Å². The maximum absolute atomic E-state index is 11.2. The number of cyclic esters (lactones) is 2. The number of fused-ring (bicyclic) bond motifs is 1. The first-order valence-electron chi connectivity index (χ1n) is 3.69. The van der Waals surface area contributed by atoms with E-state index in [0.29, 0.717) is 11.1 Å². The molecule has 1 aliphatic carbocycles. The van der Waals surface area contributed by atoms with Crippen LogP contribution in [0.1, 0.15) is 13.8 Å². The lowest BCUT2D eigenvalue weighted by atomic mass is 9.69. The predicted octanol–water partition coefficient (Wildman–Crippen LogP) is 1.37. The van der Waals surface area contributed by atoms with Crippen molar-refractivity contribution >= 4 is 35.1 Å². The van der Waals surface area contributed by atoms with Crippen LogP contribution in [0, 0.1) is 0 Å². The lowest BCUT2D eigenvalue weighted by Crippen LogP contribution is -2.58. The second kappa shape index (κ2) is 2.10. The van der Waals surface area contributed by atoms with Crippen molar-refractivity contribution in [2.75, 3.05) is 0 Å². The van der Waals surface area contributed by atoms with Crippen molar-refractivity contribution in [3.63, 3.8) is 0 Å². The molecule has 1 fully saturated rings. The Kier molecular flexibility index (Phi) is 1.46. The Hall–Kier alpha value is -0.540. The summed E-state index contributed by atoms with van der Waals surface area (Å²) in [5.74, 6) is -1.53. The Morgan fingerprint density at radius 1 is 1.00 bits per heavy atom. The molecular weight excluding hydrogens is 215 g/mol. The highest BCUT2D eigenvalue weighted by molar-refractivity contribution is 6.56. The molecule has 2 aliphatic rings. The second-order valence-corrected chi connectivity index (χ2v) is 4.38. The van der Waals surface area contributed by atoms with Crippen LogP contribution in [0.15, 0.2) is 11.1 Å². The molecule has 2 rings (SSSR count). The van der Waals surface area contributed by atoms with E-state index in [2.05, 4.69) is 4.74 Å². The quantitative estimate of drug-likeness (QED) is 0.268. The number of hydrogen-bond donors (Lipinski definition) is 0. The van der Waals surface area contributed by atoms with Gasteiger partial charge in [-0.05, 0) is 25.0 Å². The van der Waals surface area contributed by atoms with Crippen molar-refractivity contribution < 1.29 is 14.3 Å². The first-order valence-corrected chi connectivity index (χ1v) is 4.45. The summed E-state index contributed by atoms with van der Waals surface area (Å²) in [5, 5.41) is 0. The predicted molar refractivity (Wildman–Crippen MR) is 46.6 cm³/mol. The Morgan fingerprint density at radius 3 is 1.62 bits per heavy atom. The van der Waals surface area contributed by atoms with Crippen molar-refractivity contribution in [1.29, 1.82) is 0 Å². The van der Waals surface area contributed by atoms with Gasteiger partial charge in [-0.25, -0.2) is 9.59 Å². The van der Waals surface area contributed by atoms with E-state index in [1.165, 1.54) is 0 Å². The number of esters is 2. The summed E-state index contributed by atoms with van der Waals surface area (Å²) in [7, 11) is 0. The average molecular weight is 221 g/mol. The van der Waals surface area contributed by atoms with E-state index in [4.69, 9.17) is 23.2 Å². The molecule has 13 heavy (non-hydrogen) atoms. The van der Waals surface area contributed by atoms with E-state index in [-0.39, 0.29) is 0 Å². The van der Waals surface area contributed by atoms with Gasteiger partial charge in [-0.2, -0.15) is 0 Å². The molecule has 70 valence electrons. The summed E-state index contributed by atoms with van der Waals surface area (Å²) >= 11 is 11.9. The van der Waals surface area contributed by atoms with E-state index < -0.39 is 21.7 Å². The summed E-state index contributed by atoms with van der Waals surface area (Å²) in [6.07, 6.45) is 0. The highest BCUT2D eigenvalue weighted by atomic mass is 35.5. The van der Waals surface area contributed by atoms with Gasteiger partial charge in [0.05, 0.1) is 0 Å². The molecule has 2 unspecified atom stereocenters. The van der Waals surface area contributed by atoms with Gasteiger partial charge < -0.3 is 4.74 Å². The standard InChI is InChI=1S/C8H6Cl2O3/c1-3-4(2)8(10)6(12)13-5(11)7(3,8)9/h1-2H3. The number of alkyl halides is 2. The Balaban J connectivity index is 2.68. The Morgan fingerprint density at radius 2 is 1.31 bits per heavy atom. The van der Waals surface area contributed by atoms with Crippen LogP contribution in [0.2, 0.25) is 0 Å². The van der Waals surface area contributed by atoms with Crippen LogP contribution >= 0.6 is 23.2 Å². The minimum Gasteiger partial charge on any atom is -0.390 e. The van der Waals surface area contributed by atoms with Crippen LogP contribution in [0.5, 0.6) is 0 Å². The first-order chi connectivity index (χ1) is 5.86. The van der Waals surface area contributed by atoms with Gasteiger partial charge in [-0.3, -0.25) is 0 Å². The third kappa shape index (κ3) is 0.626. The fourth-order valence-corrected chi connectivity index (χ4v) is 2.58. The zero-order valence-electron chi connectivity index (χ0n) is 6.98. The summed E-state index contributed by atoms with van der Waals surface area (Å²) in [4.78, 5) is 19.5. The maximum atomic E-state index is 11.2. The molecule has 1 heterocycles. The monoisotopic (exact) mass is 220 g/mol. The van der Waals surface area contributed by atoms with Crippen LogP contribution in [-0.4, -0.2) is 21.7 Å². The van der Waals surface area contributed by atoms with Gasteiger partial charge in [-0.1, -0.05) is 23.2 Å². The van der Waals surface area contributed by atoms with E-state index in [0.717, 1.165) is 0 Å². The number of halogens is 2. The molecule has 2 atom stereocenters. The number of carbonyl (C=O) groups is 2. The number of carbonyl (C=O) groups excluding carboxylic acids is 2. The highest BCUT2D eigenvalue weighted by Gasteiger charge is 2.76. The lowest BCUT2D eigenvalue weighted by Gasteiger charge is -2.42. The Labute approximate surface area is 84.6 Å². The van der Waals surface area contributed by atoms with Gasteiger partial charge in [0, 0.05) is 0 Å². The van der Waals surface area contributed by atoms with Gasteiger partial charge in [0.15, 0.2) is 9.75 Å². The lowest BCUT2D eigenvalue weighted by molar-refractivity contribution is -0.152. The van der Waals surface area contributed by atoms with Gasteiger partial charge in [0.25, 0.3) is 0 Å². The van der Waals surface area contributed by atoms with Gasteiger partial charge >= 0.3 is 11.9 Å². The van der Waals surface area contributed by atoms with Gasteiger partial charge in [0.2, 0.25) is 0 Å². The number of ether oxygens (including phenoxy) is 1. The fraction of sp³-hybridized carbons (Fsp3) is 0.500. The van der Waals surface area contributed by atoms with Crippen molar-refractivity contribution in [3.05, 3.63) is 11.1 Å². The fourth-order valence-electron chi connectivity index (χ4n) is 1.78. The molecule has 1 saturated heterocycles. The molecule has 0 aromatic rings. The molecule has 5 heteroatoms. The molecule has 0 aromatic carbocycles. The molecule has 0 radical (unpaired) electrons. The molecular formula is C8H6Cl2O3. The van der Waals surface area contributed by atoms with Gasteiger partial charge in [0.1, 0.15) is 0 Å². The van der Waals surface area contributed by atoms with E-state index in [9.17, 15) is 9.59 Å². The molecule has 3 nitrogen and oxygen atoms in total. The SMILES string of the molecule is CC1=C(C)C2(Cl)C(=O)OC(=O)C12Cl. The smallest absolute Gasteiger partial charge is 0.342 e. The van der Waals surface area contributed by atoms with Crippen LogP contribution in [-0.2, 0) is 14.3 Å². The summed E-state index contributed by atoms with van der Waals surface area (Å²) in [6.45, 7) is 3.34. The van der Waals surface area contributed by atoms with E-state index in [1.807, 2.05) is 0 Å². The minimum absolute atomic E-state index is 0.611. The van der Waals surface area contributed by atoms with E-state index in [1.54, 1.807) is 13.8 Å². The summed E-state index contributed by atoms with van der Waals surface area (Å²) < 4.78 is 4.41. The molecule has 0 N–H and O–H groups in total. The third-order valence-electron chi connectivity index (χ3n) is 2.82. The third-order valence-corrected chi connectivity index (χ3v) is 4.36. The summed E-state index contributed by atoms with van der Waals surface area (Å²) in [6, 6.07) is 0. The van der Waals surface area contributed by atoms with Crippen molar-refractivity contribution in [3.8, 4) is 0 Å². The minimum atomic E-state index is -1.46. The highest BCUT2D eigenvalue weighted by Crippen LogP contribution is 2.60. The van der Waals surface area contributed by atoms with Crippen molar-refractivity contribution in [1.82, 2.24) is 0 Å². The summed E-state index contributed by atoms with van der Waals surface area (Å²) in [5.41, 5.74) is 1.22. The largest absolute Gasteiger partial charge is 0.390 e. The van der Waals surface area contributed by atoms with Crippen molar-refractivity contribution in [2.24, 2.45) is 0 Å². The van der Waals surface area contributed by atoms with Crippen LogP contribution in [0.4, 0.5) is 0 Å². The maximum Gasteiger partial charge on any atom is 0.342 e. The Bertz CT molecular complexity index is 340. The van der Waals surface area contributed by atoms with Crippen molar-refractivity contribution in [2.45, 2.75) is 23.6 Å². The topological polar surface area (TPSA) is 43.4 Å². The van der Waals surface area contributed by atoms with E-state index >= 15 is 0 Å². The molecule has 0 saturated carbocycles.